The molecule has 0 radical (unpaired) electrons. The molecular formula is C10H16BrN3O. The fourth-order valence-corrected chi connectivity index (χ4v) is 2.28. The van der Waals surface area contributed by atoms with Crippen LogP contribution < -0.4 is 5.32 Å². The van der Waals surface area contributed by atoms with Crippen molar-refractivity contribution in [2.45, 2.75) is 25.9 Å². The van der Waals surface area contributed by atoms with Crippen molar-refractivity contribution >= 4 is 15.9 Å². The molecule has 0 saturated carbocycles. The molecule has 1 fully saturated rings. The zero-order chi connectivity index (χ0) is 10.8. The molecule has 0 amide bonds. The van der Waals surface area contributed by atoms with Crippen molar-refractivity contribution in [3.8, 4) is 0 Å². The van der Waals surface area contributed by atoms with E-state index in [0.717, 1.165) is 36.3 Å². The fourth-order valence-electron chi connectivity index (χ4n) is 1.81. The minimum absolute atomic E-state index is 0.493. The zero-order valence-electron chi connectivity index (χ0n) is 9.09. The molecular weight excluding hydrogens is 258 g/mol. The highest BCUT2D eigenvalue weighted by Gasteiger charge is 2.17. The van der Waals surface area contributed by atoms with Crippen LogP contribution in [0.15, 0.2) is 4.47 Å². The molecule has 1 aromatic heterocycles. The van der Waals surface area contributed by atoms with Crippen LogP contribution in [0.4, 0.5) is 0 Å². The summed E-state index contributed by atoms with van der Waals surface area (Å²) in [5.74, 6) is 0. The Morgan fingerprint density at radius 3 is 3.00 bits per heavy atom. The van der Waals surface area contributed by atoms with Gasteiger partial charge in [-0.05, 0) is 29.3 Å². The fraction of sp³-hybridized carbons (Fsp3) is 0.700. The highest BCUT2D eigenvalue weighted by molar-refractivity contribution is 9.10. The van der Waals surface area contributed by atoms with E-state index in [1.54, 1.807) is 0 Å². The summed E-state index contributed by atoms with van der Waals surface area (Å²) in [7, 11) is 1.97. The molecule has 1 unspecified atom stereocenters. The minimum Gasteiger partial charge on any atom is -0.380 e. The van der Waals surface area contributed by atoms with Crippen molar-refractivity contribution in [1.29, 1.82) is 0 Å². The molecule has 1 aromatic rings. The first-order chi connectivity index (χ1) is 7.18. The van der Waals surface area contributed by atoms with E-state index in [1.165, 1.54) is 5.69 Å². The van der Waals surface area contributed by atoms with E-state index in [2.05, 4.69) is 26.3 Å². The van der Waals surface area contributed by atoms with Crippen LogP contribution in [-0.2, 0) is 18.3 Å². The number of ether oxygens (including phenoxy) is 1. The first kappa shape index (κ1) is 11.1. The van der Waals surface area contributed by atoms with Gasteiger partial charge in [-0.15, -0.1) is 0 Å². The Labute approximate surface area is 98.1 Å². The summed E-state index contributed by atoms with van der Waals surface area (Å²) in [6.07, 6.45) is 1.11. The molecule has 0 spiro atoms. The normalized spacial score (nSPS) is 21.1. The molecule has 84 valence electrons. The van der Waals surface area contributed by atoms with E-state index >= 15 is 0 Å². The summed E-state index contributed by atoms with van der Waals surface area (Å²) in [6, 6.07) is 0.493. The van der Waals surface area contributed by atoms with Crippen LogP contribution in [0.1, 0.15) is 17.8 Å². The smallest absolute Gasteiger partial charge is 0.0739 e. The number of hydrogen-bond donors (Lipinski definition) is 1. The van der Waals surface area contributed by atoms with Crippen molar-refractivity contribution in [3.63, 3.8) is 0 Å². The molecule has 15 heavy (non-hydrogen) atoms. The van der Waals surface area contributed by atoms with Gasteiger partial charge >= 0.3 is 0 Å². The summed E-state index contributed by atoms with van der Waals surface area (Å²) in [5, 5.41) is 7.83. The van der Waals surface area contributed by atoms with Crippen LogP contribution in [0.3, 0.4) is 0 Å². The maximum atomic E-state index is 5.31. The Hall–Kier alpha value is -0.390. The molecule has 1 aliphatic heterocycles. The van der Waals surface area contributed by atoms with E-state index < -0.39 is 0 Å². The van der Waals surface area contributed by atoms with Gasteiger partial charge < -0.3 is 10.1 Å². The van der Waals surface area contributed by atoms with Gasteiger partial charge in [0.05, 0.1) is 22.5 Å². The Morgan fingerprint density at radius 1 is 1.67 bits per heavy atom. The topological polar surface area (TPSA) is 39.1 Å². The van der Waals surface area contributed by atoms with Crippen LogP contribution in [0.25, 0.3) is 0 Å². The number of nitrogens with one attached hydrogen (secondary N) is 1. The average molecular weight is 274 g/mol. The van der Waals surface area contributed by atoms with E-state index in [0.29, 0.717) is 6.04 Å². The van der Waals surface area contributed by atoms with Crippen LogP contribution in [0.5, 0.6) is 0 Å². The SMILES string of the molecule is Cc1nn(C)c(CNC2CCOC2)c1Br. The molecule has 4 nitrogen and oxygen atoms in total. The quantitative estimate of drug-likeness (QED) is 0.904. The largest absolute Gasteiger partial charge is 0.380 e. The standard InChI is InChI=1S/C10H16BrN3O/c1-7-10(11)9(14(2)13-7)5-12-8-3-4-15-6-8/h8,12H,3-6H2,1-2H3. The average Bonchev–Trinajstić information content (AvgIpc) is 2.76. The third-order valence-electron chi connectivity index (χ3n) is 2.75. The molecule has 1 aliphatic rings. The van der Waals surface area contributed by atoms with Gasteiger partial charge in [0.1, 0.15) is 0 Å². The van der Waals surface area contributed by atoms with Crippen molar-refractivity contribution in [1.82, 2.24) is 15.1 Å². The van der Waals surface area contributed by atoms with Crippen LogP contribution in [-0.4, -0.2) is 29.0 Å². The summed E-state index contributed by atoms with van der Waals surface area (Å²) >= 11 is 3.56. The maximum absolute atomic E-state index is 5.31. The molecule has 2 heterocycles. The predicted molar refractivity (Wildman–Crippen MR) is 61.7 cm³/mol. The van der Waals surface area contributed by atoms with Crippen LogP contribution in [0.2, 0.25) is 0 Å². The van der Waals surface area contributed by atoms with Gasteiger partial charge in [-0.1, -0.05) is 0 Å². The second-order valence-corrected chi connectivity index (χ2v) is 4.70. The van der Waals surface area contributed by atoms with Gasteiger partial charge in [0, 0.05) is 26.2 Å². The Kier molecular flexibility index (Phi) is 3.43. The highest BCUT2D eigenvalue weighted by Crippen LogP contribution is 2.20. The van der Waals surface area contributed by atoms with Crippen molar-refractivity contribution < 1.29 is 4.74 Å². The monoisotopic (exact) mass is 273 g/mol. The lowest BCUT2D eigenvalue weighted by Gasteiger charge is -2.10. The first-order valence-corrected chi connectivity index (χ1v) is 5.97. The number of aromatic nitrogens is 2. The molecule has 5 heteroatoms. The maximum Gasteiger partial charge on any atom is 0.0739 e. The van der Waals surface area contributed by atoms with E-state index in [9.17, 15) is 0 Å². The van der Waals surface area contributed by atoms with Crippen LogP contribution in [0, 0.1) is 6.92 Å². The van der Waals surface area contributed by atoms with Gasteiger partial charge in [-0.2, -0.15) is 5.10 Å². The van der Waals surface area contributed by atoms with Gasteiger partial charge in [0.25, 0.3) is 0 Å². The molecule has 2 rings (SSSR count). The van der Waals surface area contributed by atoms with Gasteiger partial charge in [-0.3, -0.25) is 4.68 Å². The molecule has 0 aliphatic carbocycles. The summed E-state index contributed by atoms with van der Waals surface area (Å²) in [6.45, 7) is 4.55. The molecule has 1 atom stereocenters. The zero-order valence-corrected chi connectivity index (χ0v) is 10.7. The second kappa shape index (κ2) is 4.63. The molecule has 1 N–H and O–H groups in total. The summed E-state index contributed by atoms with van der Waals surface area (Å²) < 4.78 is 8.34. The van der Waals surface area contributed by atoms with E-state index in [4.69, 9.17) is 4.74 Å². The second-order valence-electron chi connectivity index (χ2n) is 3.91. The van der Waals surface area contributed by atoms with Crippen molar-refractivity contribution in [2.24, 2.45) is 7.05 Å². The lowest BCUT2D eigenvalue weighted by atomic mass is 10.2. The van der Waals surface area contributed by atoms with Gasteiger partial charge in [0.2, 0.25) is 0 Å². The predicted octanol–water partition coefficient (Wildman–Crippen LogP) is 1.37. The molecule has 0 bridgehead atoms. The number of halogens is 1. The lowest BCUT2D eigenvalue weighted by molar-refractivity contribution is 0.189. The summed E-state index contributed by atoms with van der Waals surface area (Å²) in [4.78, 5) is 0. The van der Waals surface area contributed by atoms with E-state index in [-0.39, 0.29) is 0 Å². The number of hydrogen-bond acceptors (Lipinski definition) is 3. The first-order valence-electron chi connectivity index (χ1n) is 5.17. The highest BCUT2D eigenvalue weighted by atomic mass is 79.9. The Bertz CT molecular complexity index is 345. The molecule has 1 saturated heterocycles. The van der Waals surface area contributed by atoms with Crippen LogP contribution >= 0.6 is 15.9 Å². The lowest BCUT2D eigenvalue weighted by Crippen LogP contribution is -2.29. The number of nitrogens with zero attached hydrogens (tertiary/aromatic N) is 2. The third kappa shape index (κ3) is 2.41. The van der Waals surface area contributed by atoms with Gasteiger partial charge in [-0.25, -0.2) is 0 Å². The van der Waals surface area contributed by atoms with Gasteiger partial charge in [0.15, 0.2) is 0 Å². The molecule has 0 aromatic carbocycles. The third-order valence-corrected chi connectivity index (χ3v) is 3.78. The van der Waals surface area contributed by atoms with Crippen molar-refractivity contribution in [3.05, 3.63) is 15.9 Å². The Morgan fingerprint density at radius 2 is 2.47 bits per heavy atom. The van der Waals surface area contributed by atoms with E-state index in [1.807, 2.05) is 18.7 Å². The number of rotatable bonds is 3. The Balaban J connectivity index is 1.97. The minimum atomic E-state index is 0.493. The number of aryl methyl sites for hydroxylation is 2. The van der Waals surface area contributed by atoms with Crippen molar-refractivity contribution in [2.75, 3.05) is 13.2 Å². The summed E-state index contributed by atoms with van der Waals surface area (Å²) in [5.41, 5.74) is 2.23.